The fraction of sp³-hybridized carbons (Fsp3) is 0.158. The van der Waals surface area contributed by atoms with E-state index in [2.05, 4.69) is 23.0 Å². The summed E-state index contributed by atoms with van der Waals surface area (Å²) >= 11 is 0. The molecule has 4 nitrogen and oxygen atoms in total. The molecule has 0 unspecified atom stereocenters. The van der Waals surface area contributed by atoms with E-state index in [4.69, 9.17) is 9.47 Å². The second-order valence-corrected chi connectivity index (χ2v) is 5.19. The summed E-state index contributed by atoms with van der Waals surface area (Å²) in [5, 5.41) is 2.17. The average Bonchev–Trinajstić information content (AvgIpc) is 2.61. The van der Waals surface area contributed by atoms with Crippen LogP contribution in [0.25, 0.3) is 10.8 Å². The Hall–Kier alpha value is -2.72. The van der Waals surface area contributed by atoms with Crippen molar-refractivity contribution >= 4 is 16.5 Å². The van der Waals surface area contributed by atoms with Gasteiger partial charge in [-0.3, -0.25) is 0 Å². The maximum atomic E-state index is 5.53. The minimum atomic E-state index is 0.644. The summed E-state index contributed by atoms with van der Waals surface area (Å²) in [7, 11) is 3.37. The van der Waals surface area contributed by atoms with Gasteiger partial charge in [-0.1, -0.05) is 30.3 Å². The first-order valence-corrected chi connectivity index (χ1v) is 7.49. The zero-order valence-electron chi connectivity index (χ0n) is 13.3. The number of anilines is 1. The van der Waals surface area contributed by atoms with Crippen LogP contribution in [-0.2, 0) is 6.54 Å². The Labute approximate surface area is 136 Å². The molecule has 3 aromatic carbocycles. The van der Waals surface area contributed by atoms with Crippen molar-refractivity contribution in [3.8, 4) is 11.5 Å². The Morgan fingerprint density at radius 3 is 2.35 bits per heavy atom. The molecule has 0 aliphatic carbocycles. The lowest BCUT2D eigenvalue weighted by Gasteiger charge is -2.14. The Kier molecular flexibility index (Phi) is 4.64. The van der Waals surface area contributed by atoms with E-state index in [1.54, 1.807) is 14.2 Å². The minimum absolute atomic E-state index is 0.644. The monoisotopic (exact) mass is 308 g/mol. The van der Waals surface area contributed by atoms with Crippen LogP contribution in [0.2, 0.25) is 0 Å². The molecular weight excluding hydrogens is 288 g/mol. The van der Waals surface area contributed by atoms with Gasteiger partial charge in [-0.25, -0.2) is 5.43 Å². The lowest BCUT2D eigenvalue weighted by molar-refractivity contribution is 0.407. The molecule has 23 heavy (non-hydrogen) atoms. The molecule has 3 rings (SSSR count). The van der Waals surface area contributed by atoms with Crippen LogP contribution in [0.3, 0.4) is 0 Å². The first-order valence-electron chi connectivity index (χ1n) is 7.49. The molecule has 0 aromatic heterocycles. The summed E-state index contributed by atoms with van der Waals surface area (Å²) in [6, 6.07) is 20.2. The fourth-order valence-corrected chi connectivity index (χ4v) is 2.59. The van der Waals surface area contributed by atoms with E-state index in [1.807, 2.05) is 48.5 Å². The molecule has 0 radical (unpaired) electrons. The number of rotatable bonds is 6. The van der Waals surface area contributed by atoms with Crippen LogP contribution in [0.4, 0.5) is 5.69 Å². The molecule has 0 bridgehead atoms. The maximum absolute atomic E-state index is 5.53. The van der Waals surface area contributed by atoms with Crippen molar-refractivity contribution in [3.05, 3.63) is 66.2 Å². The van der Waals surface area contributed by atoms with E-state index in [-0.39, 0.29) is 0 Å². The molecular formula is C19H20N2O2. The highest BCUT2D eigenvalue weighted by Crippen LogP contribution is 2.31. The third-order valence-electron chi connectivity index (χ3n) is 3.75. The zero-order valence-corrected chi connectivity index (χ0v) is 13.3. The summed E-state index contributed by atoms with van der Waals surface area (Å²) in [6.07, 6.45) is 0. The molecule has 0 atom stereocenters. The molecule has 4 heteroatoms. The van der Waals surface area contributed by atoms with Crippen molar-refractivity contribution in [2.75, 3.05) is 19.6 Å². The Morgan fingerprint density at radius 1 is 0.826 bits per heavy atom. The van der Waals surface area contributed by atoms with Crippen molar-refractivity contribution < 1.29 is 9.47 Å². The van der Waals surface area contributed by atoms with Crippen molar-refractivity contribution in [2.24, 2.45) is 0 Å². The molecule has 0 fully saturated rings. The van der Waals surface area contributed by atoms with Crippen LogP contribution in [0.5, 0.6) is 11.5 Å². The summed E-state index contributed by atoms with van der Waals surface area (Å²) < 4.78 is 11.0. The SMILES string of the molecule is COc1cc2c(OC)cccc2cc1CNNc1ccccc1. The summed E-state index contributed by atoms with van der Waals surface area (Å²) in [5.41, 5.74) is 8.51. The van der Waals surface area contributed by atoms with Gasteiger partial charge in [0.25, 0.3) is 0 Å². The van der Waals surface area contributed by atoms with E-state index in [0.29, 0.717) is 6.54 Å². The third-order valence-corrected chi connectivity index (χ3v) is 3.75. The molecule has 0 saturated carbocycles. The Balaban J connectivity index is 1.82. The highest BCUT2D eigenvalue weighted by Gasteiger charge is 2.08. The molecule has 118 valence electrons. The van der Waals surface area contributed by atoms with Crippen LogP contribution in [0.1, 0.15) is 5.56 Å². The molecule has 2 N–H and O–H groups in total. The zero-order chi connectivity index (χ0) is 16.1. The first-order chi connectivity index (χ1) is 11.3. The number of nitrogens with one attached hydrogen (secondary N) is 2. The quantitative estimate of drug-likeness (QED) is 0.676. The van der Waals surface area contributed by atoms with Gasteiger partial charge in [0.2, 0.25) is 0 Å². The van der Waals surface area contributed by atoms with Crippen LogP contribution >= 0.6 is 0 Å². The Morgan fingerprint density at radius 2 is 1.61 bits per heavy atom. The number of ether oxygens (including phenoxy) is 2. The van der Waals surface area contributed by atoms with Gasteiger partial charge in [0.1, 0.15) is 11.5 Å². The topological polar surface area (TPSA) is 42.5 Å². The standard InChI is InChI=1S/C19H20N2O2/c1-22-18-10-6-7-14-11-15(19(23-2)12-17(14)18)13-20-21-16-8-4-3-5-9-16/h3-12,20-21H,13H2,1-2H3. The van der Waals surface area contributed by atoms with Crippen LogP contribution in [-0.4, -0.2) is 14.2 Å². The molecule has 0 aliphatic heterocycles. The number of methoxy groups -OCH3 is 2. The summed E-state index contributed by atoms with van der Waals surface area (Å²) in [5.74, 6) is 1.69. The van der Waals surface area contributed by atoms with Crippen molar-refractivity contribution in [2.45, 2.75) is 6.54 Å². The van der Waals surface area contributed by atoms with Gasteiger partial charge in [-0.05, 0) is 35.7 Å². The largest absolute Gasteiger partial charge is 0.496 e. The van der Waals surface area contributed by atoms with E-state index in [0.717, 1.165) is 33.5 Å². The maximum Gasteiger partial charge on any atom is 0.126 e. The van der Waals surface area contributed by atoms with E-state index in [9.17, 15) is 0 Å². The van der Waals surface area contributed by atoms with Crippen LogP contribution in [0.15, 0.2) is 60.7 Å². The van der Waals surface area contributed by atoms with Gasteiger partial charge < -0.3 is 14.9 Å². The van der Waals surface area contributed by atoms with Gasteiger partial charge in [-0.15, -0.1) is 0 Å². The molecule has 0 amide bonds. The molecule has 0 aliphatic rings. The average molecular weight is 308 g/mol. The van der Waals surface area contributed by atoms with Crippen LogP contribution < -0.4 is 20.3 Å². The second-order valence-electron chi connectivity index (χ2n) is 5.19. The summed E-state index contributed by atoms with van der Waals surface area (Å²) in [4.78, 5) is 0. The van der Waals surface area contributed by atoms with Crippen molar-refractivity contribution in [1.82, 2.24) is 5.43 Å². The van der Waals surface area contributed by atoms with E-state index >= 15 is 0 Å². The molecule has 3 aromatic rings. The van der Waals surface area contributed by atoms with E-state index < -0.39 is 0 Å². The summed E-state index contributed by atoms with van der Waals surface area (Å²) in [6.45, 7) is 0.644. The predicted molar refractivity (Wildman–Crippen MR) is 94.0 cm³/mol. The lowest BCUT2D eigenvalue weighted by Crippen LogP contribution is -2.21. The van der Waals surface area contributed by atoms with Crippen molar-refractivity contribution in [1.29, 1.82) is 0 Å². The van der Waals surface area contributed by atoms with Gasteiger partial charge in [0, 0.05) is 23.2 Å². The third kappa shape index (κ3) is 3.38. The number of hydrogen-bond donors (Lipinski definition) is 2. The van der Waals surface area contributed by atoms with Gasteiger partial charge in [0.05, 0.1) is 14.2 Å². The second kappa shape index (κ2) is 7.03. The molecule has 0 spiro atoms. The van der Waals surface area contributed by atoms with Gasteiger partial charge >= 0.3 is 0 Å². The number of hydrazine groups is 1. The lowest BCUT2D eigenvalue weighted by atomic mass is 10.0. The van der Waals surface area contributed by atoms with Crippen molar-refractivity contribution in [3.63, 3.8) is 0 Å². The molecule has 0 heterocycles. The number of hydrogen-bond acceptors (Lipinski definition) is 4. The number of para-hydroxylation sites is 1. The minimum Gasteiger partial charge on any atom is -0.496 e. The highest BCUT2D eigenvalue weighted by molar-refractivity contribution is 5.90. The van der Waals surface area contributed by atoms with E-state index in [1.165, 1.54) is 0 Å². The normalized spacial score (nSPS) is 10.5. The Bertz CT molecular complexity index is 788. The fourth-order valence-electron chi connectivity index (χ4n) is 2.59. The smallest absolute Gasteiger partial charge is 0.126 e. The van der Waals surface area contributed by atoms with Crippen LogP contribution in [0, 0.1) is 0 Å². The predicted octanol–water partition coefficient (Wildman–Crippen LogP) is 3.97. The molecule has 0 saturated heterocycles. The van der Waals surface area contributed by atoms with Gasteiger partial charge in [-0.2, -0.15) is 0 Å². The first kappa shape index (κ1) is 15.2. The van der Waals surface area contributed by atoms with Gasteiger partial charge in [0.15, 0.2) is 0 Å². The number of fused-ring (bicyclic) bond motifs is 1. The number of benzene rings is 3. The highest BCUT2D eigenvalue weighted by atomic mass is 16.5.